The number of hydrogen-bond acceptors (Lipinski definition) is 5. The van der Waals surface area contributed by atoms with Gasteiger partial charge in [-0.3, -0.25) is 0 Å². The zero-order chi connectivity index (χ0) is 8.97. The molecule has 0 aliphatic rings. The van der Waals surface area contributed by atoms with Crippen LogP contribution >= 0.6 is 0 Å². The number of nitrogens with zero attached hydrogens (tertiary/aromatic N) is 1. The van der Waals surface area contributed by atoms with E-state index < -0.39 is 5.97 Å². The van der Waals surface area contributed by atoms with Gasteiger partial charge in [0, 0.05) is 0 Å². The molecule has 0 atom stereocenters. The highest BCUT2D eigenvalue weighted by Crippen LogP contribution is 2.03. The van der Waals surface area contributed by atoms with Gasteiger partial charge < -0.3 is 14.4 Å². The van der Waals surface area contributed by atoms with E-state index in [1.165, 1.54) is 19.4 Å². The molecule has 64 valence electrons. The number of carbonyl (C=O) groups is 1. The predicted octanol–water partition coefficient (Wildman–Crippen LogP) is 0.631. The van der Waals surface area contributed by atoms with Gasteiger partial charge in [-0.2, -0.15) is 0 Å². The summed E-state index contributed by atoms with van der Waals surface area (Å²) in [6.45, 7) is 0. The summed E-state index contributed by atoms with van der Waals surface area (Å²) in [6.07, 6.45) is 1.36. The number of rotatable bonds is 2. The van der Waals surface area contributed by atoms with Crippen molar-refractivity contribution < 1.29 is 19.2 Å². The third-order valence-corrected chi connectivity index (χ3v) is 1.23. The van der Waals surface area contributed by atoms with E-state index in [0.29, 0.717) is 0 Å². The molecule has 0 saturated heterocycles. The maximum atomic E-state index is 10.9. The Morgan fingerprint density at radius 3 is 2.92 bits per heavy atom. The summed E-state index contributed by atoms with van der Waals surface area (Å²) in [7, 11) is 1.19. The maximum absolute atomic E-state index is 10.9. The number of oxime groups is 1. The van der Waals surface area contributed by atoms with Crippen LogP contribution in [-0.4, -0.2) is 24.0 Å². The second-order valence-electron chi connectivity index (χ2n) is 1.92. The second kappa shape index (κ2) is 3.56. The number of methoxy groups -OCH3 is 1. The highest BCUT2D eigenvalue weighted by molar-refractivity contribution is 6.42. The van der Waals surface area contributed by atoms with Gasteiger partial charge in [-0.1, -0.05) is 5.16 Å². The van der Waals surface area contributed by atoms with Crippen molar-refractivity contribution in [2.75, 3.05) is 7.11 Å². The molecule has 0 aliphatic heterocycles. The molecule has 12 heavy (non-hydrogen) atoms. The van der Waals surface area contributed by atoms with Crippen molar-refractivity contribution in [2.24, 2.45) is 5.16 Å². The van der Waals surface area contributed by atoms with Crippen LogP contribution in [0.2, 0.25) is 0 Å². The Kier molecular flexibility index (Phi) is 2.47. The van der Waals surface area contributed by atoms with E-state index in [1.54, 1.807) is 6.07 Å². The van der Waals surface area contributed by atoms with Gasteiger partial charge in [-0.15, -0.1) is 0 Å². The molecule has 5 nitrogen and oxygen atoms in total. The fourth-order valence-corrected chi connectivity index (χ4v) is 0.701. The summed E-state index contributed by atoms with van der Waals surface area (Å²) in [4.78, 5) is 10.9. The van der Waals surface area contributed by atoms with Crippen molar-refractivity contribution in [3.63, 3.8) is 0 Å². The highest BCUT2D eigenvalue weighted by Gasteiger charge is 2.17. The molecule has 1 heterocycles. The second-order valence-corrected chi connectivity index (χ2v) is 1.92. The predicted molar refractivity (Wildman–Crippen MR) is 39.0 cm³/mol. The molecule has 0 saturated carbocycles. The van der Waals surface area contributed by atoms with Crippen LogP contribution in [0, 0.1) is 0 Å². The minimum Gasteiger partial charge on any atom is -0.464 e. The molecular weight excluding hydrogens is 162 g/mol. The van der Waals surface area contributed by atoms with Gasteiger partial charge in [-0.05, 0) is 12.1 Å². The Balaban J connectivity index is 2.93. The van der Waals surface area contributed by atoms with Gasteiger partial charge in [0.05, 0.1) is 13.4 Å². The Morgan fingerprint density at radius 1 is 1.75 bits per heavy atom. The number of hydrogen-bond donors (Lipinski definition) is 1. The van der Waals surface area contributed by atoms with Gasteiger partial charge in [0.25, 0.3) is 0 Å². The molecular formula is C7H7NO4. The number of carbonyl (C=O) groups excluding carboxylic acids is 1. The Hall–Kier alpha value is -1.78. The Morgan fingerprint density at radius 2 is 2.50 bits per heavy atom. The molecule has 0 radical (unpaired) electrons. The monoisotopic (exact) mass is 169 g/mol. The van der Waals surface area contributed by atoms with Crippen molar-refractivity contribution >= 4 is 11.7 Å². The van der Waals surface area contributed by atoms with Crippen LogP contribution in [0.4, 0.5) is 0 Å². The van der Waals surface area contributed by atoms with Gasteiger partial charge in [0.2, 0.25) is 5.71 Å². The van der Waals surface area contributed by atoms with Crippen LogP contribution in [0.1, 0.15) is 5.76 Å². The molecule has 1 rings (SSSR count). The Labute approximate surface area is 68.2 Å². The maximum Gasteiger partial charge on any atom is 0.364 e. The normalized spacial score (nSPS) is 11.2. The molecule has 0 fully saturated rings. The van der Waals surface area contributed by atoms with Crippen molar-refractivity contribution in [1.29, 1.82) is 0 Å². The molecule has 0 bridgehead atoms. The van der Waals surface area contributed by atoms with Crippen molar-refractivity contribution in [1.82, 2.24) is 0 Å². The average Bonchev–Trinajstić information content (AvgIpc) is 2.58. The van der Waals surface area contributed by atoms with Crippen molar-refractivity contribution in [3.8, 4) is 0 Å². The molecule has 0 aromatic carbocycles. The summed E-state index contributed by atoms with van der Waals surface area (Å²) in [6, 6.07) is 3.06. The van der Waals surface area contributed by atoms with E-state index in [2.05, 4.69) is 9.89 Å². The molecule has 0 unspecified atom stereocenters. The standard InChI is InChI=1S/C7H7NO4/c1-11-7(9)6(8-10)5-3-2-4-12-5/h2-4,10H,1H3/b8-6+. The zero-order valence-electron chi connectivity index (χ0n) is 6.35. The van der Waals surface area contributed by atoms with Crippen molar-refractivity contribution in [2.45, 2.75) is 0 Å². The minimum atomic E-state index is -0.743. The van der Waals surface area contributed by atoms with E-state index in [9.17, 15) is 4.79 Å². The lowest BCUT2D eigenvalue weighted by Crippen LogP contribution is -2.16. The first-order valence-corrected chi connectivity index (χ1v) is 3.14. The molecule has 5 heteroatoms. The van der Waals surface area contributed by atoms with Crippen LogP contribution in [0.5, 0.6) is 0 Å². The number of furan rings is 1. The number of esters is 1. The topological polar surface area (TPSA) is 72.0 Å². The largest absolute Gasteiger partial charge is 0.464 e. The van der Waals surface area contributed by atoms with Crippen molar-refractivity contribution in [3.05, 3.63) is 24.2 Å². The lowest BCUT2D eigenvalue weighted by Gasteiger charge is -1.96. The van der Waals surface area contributed by atoms with Crippen LogP contribution in [0.25, 0.3) is 0 Å². The van der Waals surface area contributed by atoms with Crippen LogP contribution < -0.4 is 0 Å². The highest BCUT2D eigenvalue weighted by atomic mass is 16.5. The smallest absolute Gasteiger partial charge is 0.364 e. The van der Waals surface area contributed by atoms with E-state index >= 15 is 0 Å². The Bertz CT molecular complexity index is 288. The summed E-state index contributed by atoms with van der Waals surface area (Å²) in [5.41, 5.74) is -0.248. The molecule has 1 aromatic rings. The van der Waals surface area contributed by atoms with E-state index in [4.69, 9.17) is 9.62 Å². The molecule has 0 amide bonds. The van der Waals surface area contributed by atoms with E-state index in [1.807, 2.05) is 0 Å². The fourth-order valence-electron chi connectivity index (χ4n) is 0.701. The molecule has 1 aromatic heterocycles. The first-order valence-electron chi connectivity index (χ1n) is 3.14. The molecule has 0 spiro atoms. The molecule has 0 aliphatic carbocycles. The molecule has 1 N–H and O–H groups in total. The lowest BCUT2D eigenvalue weighted by molar-refractivity contribution is -0.132. The summed E-state index contributed by atoms with van der Waals surface area (Å²) in [5, 5.41) is 11.2. The summed E-state index contributed by atoms with van der Waals surface area (Å²) in [5.74, 6) is -0.572. The fraction of sp³-hybridized carbons (Fsp3) is 0.143. The first kappa shape index (κ1) is 8.32. The number of ether oxygens (including phenoxy) is 1. The van der Waals surface area contributed by atoms with Gasteiger partial charge >= 0.3 is 5.97 Å². The summed E-state index contributed by atoms with van der Waals surface area (Å²) >= 11 is 0. The van der Waals surface area contributed by atoms with Gasteiger partial charge in [0.15, 0.2) is 5.76 Å². The summed E-state index contributed by atoms with van der Waals surface area (Å²) < 4.78 is 9.16. The van der Waals surface area contributed by atoms with E-state index in [0.717, 1.165) is 0 Å². The van der Waals surface area contributed by atoms with Gasteiger partial charge in [0.1, 0.15) is 0 Å². The third kappa shape index (κ3) is 1.45. The average molecular weight is 169 g/mol. The van der Waals surface area contributed by atoms with Crippen LogP contribution in [-0.2, 0) is 9.53 Å². The van der Waals surface area contributed by atoms with Gasteiger partial charge in [-0.25, -0.2) is 4.79 Å². The van der Waals surface area contributed by atoms with Crippen LogP contribution in [0.3, 0.4) is 0 Å². The SMILES string of the molecule is COC(=O)/C(=N/O)c1ccco1. The third-order valence-electron chi connectivity index (χ3n) is 1.23. The van der Waals surface area contributed by atoms with E-state index in [-0.39, 0.29) is 11.5 Å². The first-order chi connectivity index (χ1) is 5.79. The zero-order valence-corrected chi connectivity index (χ0v) is 6.35. The minimum absolute atomic E-state index is 0.171. The quantitative estimate of drug-likeness (QED) is 0.305. The lowest BCUT2D eigenvalue weighted by atomic mass is 10.3. The van der Waals surface area contributed by atoms with Crippen LogP contribution in [0.15, 0.2) is 28.0 Å².